The number of rotatable bonds is 3. The van der Waals surface area contributed by atoms with Crippen LogP contribution in [0.3, 0.4) is 0 Å². The Kier molecular flexibility index (Phi) is 5.44. The Balaban J connectivity index is 2.26. The summed E-state index contributed by atoms with van der Waals surface area (Å²) in [5.74, 6) is 0.835. The van der Waals surface area contributed by atoms with Crippen LogP contribution in [0.5, 0.6) is 0 Å². The van der Waals surface area contributed by atoms with Crippen LogP contribution in [0.1, 0.15) is 59.8 Å². The normalized spacial score (nSPS) is 26.4. The fourth-order valence-electron chi connectivity index (χ4n) is 2.18. The number of hydrogen-bond donors (Lipinski definition) is 1. The Morgan fingerprint density at radius 1 is 1.24 bits per heavy atom. The topological polar surface area (TPSA) is 38.3 Å². The molecule has 1 aliphatic rings. The van der Waals surface area contributed by atoms with Gasteiger partial charge in [-0.1, -0.05) is 19.8 Å². The van der Waals surface area contributed by atoms with Gasteiger partial charge in [-0.05, 0) is 46.0 Å². The van der Waals surface area contributed by atoms with Gasteiger partial charge in [0.1, 0.15) is 6.61 Å². The minimum absolute atomic E-state index is 0.0273. The molecule has 0 aromatic rings. The zero-order valence-electron chi connectivity index (χ0n) is 11.7. The van der Waals surface area contributed by atoms with Gasteiger partial charge >= 0.3 is 0 Å². The first-order valence-electron chi connectivity index (χ1n) is 6.80. The lowest BCUT2D eigenvalue weighted by Crippen LogP contribution is -2.38. The van der Waals surface area contributed by atoms with Gasteiger partial charge in [-0.25, -0.2) is 0 Å². The summed E-state index contributed by atoms with van der Waals surface area (Å²) in [4.78, 5) is 11.7. The molecule has 0 aliphatic heterocycles. The standard InChI is InChI=1S/C14H27NO2/c1-11-6-5-7-12(9-8-11)15-13(16)10-17-14(2,3)4/h11-12H,5-10H2,1-4H3,(H,15,16). The molecule has 1 N–H and O–H groups in total. The molecule has 100 valence electrons. The Morgan fingerprint density at radius 2 is 1.94 bits per heavy atom. The molecule has 0 aromatic carbocycles. The van der Waals surface area contributed by atoms with Crippen molar-refractivity contribution in [2.24, 2.45) is 5.92 Å². The molecule has 1 fully saturated rings. The lowest BCUT2D eigenvalue weighted by Gasteiger charge is -2.21. The molecule has 0 spiro atoms. The summed E-state index contributed by atoms with van der Waals surface area (Å²) in [6.07, 6.45) is 5.98. The minimum atomic E-state index is -0.241. The first-order valence-corrected chi connectivity index (χ1v) is 6.80. The van der Waals surface area contributed by atoms with Crippen molar-refractivity contribution >= 4 is 5.91 Å². The summed E-state index contributed by atoms with van der Waals surface area (Å²) in [5.41, 5.74) is -0.241. The van der Waals surface area contributed by atoms with E-state index in [4.69, 9.17) is 4.74 Å². The maximum atomic E-state index is 11.7. The van der Waals surface area contributed by atoms with Crippen molar-refractivity contribution in [1.29, 1.82) is 0 Å². The Hall–Kier alpha value is -0.570. The Bertz CT molecular complexity index is 245. The maximum absolute atomic E-state index is 11.7. The first-order chi connectivity index (χ1) is 7.87. The van der Waals surface area contributed by atoms with Crippen molar-refractivity contribution in [3.63, 3.8) is 0 Å². The summed E-state index contributed by atoms with van der Waals surface area (Å²) in [7, 11) is 0. The fraction of sp³-hybridized carbons (Fsp3) is 0.929. The number of nitrogens with one attached hydrogen (secondary N) is 1. The number of carbonyl (C=O) groups excluding carboxylic acids is 1. The third-order valence-electron chi connectivity index (χ3n) is 3.26. The lowest BCUT2D eigenvalue weighted by atomic mass is 10.0. The van der Waals surface area contributed by atoms with Gasteiger partial charge in [0.2, 0.25) is 5.91 Å². The average molecular weight is 241 g/mol. The molecule has 17 heavy (non-hydrogen) atoms. The van der Waals surface area contributed by atoms with Gasteiger partial charge in [-0.3, -0.25) is 4.79 Å². The second-order valence-corrected chi connectivity index (χ2v) is 6.28. The van der Waals surface area contributed by atoms with Gasteiger partial charge in [0.25, 0.3) is 0 Å². The van der Waals surface area contributed by atoms with Crippen molar-refractivity contribution < 1.29 is 9.53 Å². The SMILES string of the molecule is CC1CCCC(NC(=O)COC(C)(C)C)CC1. The first kappa shape index (κ1) is 14.5. The molecule has 0 aromatic heterocycles. The average Bonchev–Trinajstić information content (AvgIpc) is 2.40. The number of carbonyl (C=O) groups is 1. The van der Waals surface area contributed by atoms with E-state index >= 15 is 0 Å². The molecule has 2 unspecified atom stereocenters. The van der Waals surface area contributed by atoms with E-state index in [-0.39, 0.29) is 18.1 Å². The van der Waals surface area contributed by atoms with Crippen LogP contribution in [-0.2, 0) is 9.53 Å². The summed E-state index contributed by atoms with van der Waals surface area (Å²) >= 11 is 0. The highest BCUT2D eigenvalue weighted by Crippen LogP contribution is 2.22. The summed E-state index contributed by atoms with van der Waals surface area (Å²) in [5, 5.41) is 3.09. The maximum Gasteiger partial charge on any atom is 0.246 e. The van der Waals surface area contributed by atoms with E-state index in [9.17, 15) is 4.79 Å². The van der Waals surface area contributed by atoms with Gasteiger partial charge in [0.15, 0.2) is 0 Å². The van der Waals surface area contributed by atoms with E-state index in [2.05, 4.69) is 12.2 Å². The predicted octanol–water partition coefficient (Wildman–Crippen LogP) is 2.89. The molecule has 1 rings (SSSR count). The van der Waals surface area contributed by atoms with Crippen molar-refractivity contribution in [3.8, 4) is 0 Å². The van der Waals surface area contributed by atoms with Gasteiger partial charge < -0.3 is 10.1 Å². The van der Waals surface area contributed by atoms with E-state index < -0.39 is 0 Å². The smallest absolute Gasteiger partial charge is 0.246 e. The predicted molar refractivity (Wildman–Crippen MR) is 69.9 cm³/mol. The monoisotopic (exact) mass is 241 g/mol. The van der Waals surface area contributed by atoms with Gasteiger partial charge in [-0.2, -0.15) is 0 Å². The molecular weight excluding hydrogens is 214 g/mol. The van der Waals surface area contributed by atoms with Crippen LogP contribution >= 0.6 is 0 Å². The number of ether oxygens (including phenoxy) is 1. The van der Waals surface area contributed by atoms with Crippen LogP contribution in [0.2, 0.25) is 0 Å². The molecule has 3 heteroatoms. The quantitative estimate of drug-likeness (QED) is 0.772. The molecule has 3 nitrogen and oxygen atoms in total. The van der Waals surface area contributed by atoms with Gasteiger partial charge in [0, 0.05) is 6.04 Å². The zero-order chi connectivity index (χ0) is 12.9. The van der Waals surface area contributed by atoms with Gasteiger partial charge in [0.05, 0.1) is 5.60 Å². The number of amides is 1. The molecular formula is C14H27NO2. The molecule has 1 aliphatic carbocycles. The van der Waals surface area contributed by atoms with Crippen LogP contribution in [0.4, 0.5) is 0 Å². The minimum Gasteiger partial charge on any atom is -0.366 e. The molecule has 0 saturated heterocycles. The molecule has 0 heterocycles. The van der Waals surface area contributed by atoms with Crippen LogP contribution in [0.25, 0.3) is 0 Å². The third-order valence-corrected chi connectivity index (χ3v) is 3.26. The second kappa shape index (κ2) is 6.39. The molecule has 1 amide bonds. The number of hydrogen-bond acceptors (Lipinski definition) is 2. The molecule has 0 bridgehead atoms. The van der Waals surface area contributed by atoms with Crippen molar-refractivity contribution in [3.05, 3.63) is 0 Å². The Labute approximate surface area is 105 Å². The fourth-order valence-corrected chi connectivity index (χ4v) is 2.18. The zero-order valence-corrected chi connectivity index (χ0v) is 11.7. The molecule has 2 atom stereocenters. The van der Waals surface area contributed by atoms with Crippen LogP contribution in [-0.4, -0.2) is 24.2 Å². The highest BCUT2D eigenvalue weighted by molar-refractivity contribution is 5.77. The van der Waals surface area contributed by atoms with E-state index in [1.54, 1.807) is 0 Å². The van der Waals surface area contributed by atoms with E-state index in [0.717, 1.165) is 18.8 Å². The van der Waals surface area contributed by atoms with Gasteiger partial charge in [-0.15, -0.1) is 0 Å². The van der Waals surface area contributed by atoms with E-state index in [1.165, 1.54) is 19.3 Å². The summed E-state index contributed by atoms with van der Waals surface area (Å²) in [6, 6.07) is 0.357. The van der Waals surface area contributed by atoms with Crippen LogP contribution in [0.15, 0.2) is 0 Å². The highest BCUT2D eigenvalue weighted by Gasteiger charge is 2.19. The lowest BCUT2D eigenvalue weighted by molar-refractivity contribution is -0.131. The van der Waals surface area contributed by atoms with E-state index in [1.807, 2.05) is 20.8 Å². The van der Waals surface area contributed by atoms with Crippen LogP contribution in [0, 0.1) is 5.92 Å². The third kappa shape index (κ3) is 6.67. The molecule has 1 saturated carbocycles. The van der Waals surface area contributed by atoms with E-state index in [0.29, 0.717) is 6.04 Å². The Morgan fingerprint density at radius 3 is 2.59 bits per heavy atom. The highest BCUT2D eigenvalue weighted by atomic mass is 16.5. The van der Waals surface area contributed by atoms with Crippen LogP contribution < -0.4 is 5.32 Å². The van der Waals surface area contributed by atoms with Crippen molar-refractivity contribution in [2.75, 3.05) is 6.61 Å². The largest absolute Gasteiger partial charge is 0.366 e. The van der Waals surface area contributed by atoms with Crippen molar-refractivity contribution in [1.82, 2.24) is 5.32 Å². The van der Waals surface area contributed by atoms with Crippen molar-refractivity contribution in [2.45, 2.75) is 71.4 Å². The second-order valence-electron chi connectivity index (χ2n) is 6.28. The summed E-state index contributed by atoms with van der Waals surface area (Å²) in [6.45, 7) is 8.37. The summed E-state index contributed by atoms with van der Waals surface area (Å²) < 4.78 is 5.47. The molecule has 0 radical (unpaired) electrons.